The number of benzene rings is 1. The lowest BCUT2D eigenvalue weighted by Gasteiger charge is -2.16. The third-order valence-corrected chi connectivity index (χ3v) is 2.17. The largest absolute Gasteiger partial charge is 0.390 e. The summed E-state index contributed by atoms with van der Waals surface area (Å²) in [6.07, 6.45) is 1.37. The van der Waals surface area contributed by atoms with E-state index in [1.165, 1.54) is 12.1 Å². The van der Waals surface area contributed by atoms with E-state index in [1.807, 2.05) is 0 Å². The first-order valence-electron chi connectivity index (χ1n) is 4.84. The molecule has 1 N–H and O–H groups in total. The van der Waals surface area contributed by atoms with Crippen LogP contribution in [0.5, 0.6) is 0 Å². The van der Waals surface area contributed by atoms with Gasteiger partial charge < -0.3 is 5.11 Å². The first-order chi connectivity index (χ1) is 6.88. The summed E-state index contributed by atoms with van der Waals surface area (Å²) < 4.78 is 0. The minimum Gasteiger partial charge on any atom is -0.390 e. The van der Waals surface area contributed by atoms with Crippen LogP contribution in [-0.2, 0) is 6.42 Å². The molecule has 0 aliphatic heterocycles. The van der Waals surface area contributed by atoms with Gasteiger partial charge in [0, 0.05) is 12.1 Å². The lowest BCUT2D eigenvalue weighted by atomic mass is 9.99. The first kappa shape index (κ1) is 11.7. The maximum Gasteiger partial charge on any atom is 0.269 e. The van der Waals surface area contributed by atoms with Crippen molar-refractivity contribution in [2.24, 2.45) is 0 Å². The Morgan fingerprint density at radius 3 is 2.27 bits per heavy atom. The number of hydrogen-bond acceptors (Lipinski definition) is 3. The standard InChI is InChI=1S/C11H15NO3/c1-11(2,13)8-7-9-3-5-10(6-4-9)12(14)15/h3-6,13H,7-8H2,1-2H3. The van der Waals surface area contributed by atoms with Gasteiger partial charge in [0.25, 0.3) is 5.69 Å². The van der Waals surface area contributed by atoms with Crippen LogP contribution in [0.1, 0.15) is 25.8 Å². The molecule has 0 aromatic heterocycles. The van der Waals surface area contributed by atoms with Crippen LogP contribution in [0.2, 0.25) is 0 Å². The summed E-state index contributed by atoms with van der Waals surface area (Å²) >= 11 is 0. The fraction of sp³-hybridized carbons (Fsp3) is 0.455. The van der Waals surface area contributed by atoms with Crippen LogP contribution in [0.3, 0.4) is 0 Å². The van der Waals surface area contributed by atoms with E-state index < -0.39 is 10.5 Å². The number of nitro groups is 1. The van der Waals surface area contributed by atoms with E-state index >= 15 is 0 Å². The Kier molecular flexibility index (Phi) is 3.42. The molecule has 0 atom stereocenters. The summed E-state index contributed by atoms with van der Waals surface area (Å²) in [5.74, 6) is 0. The van der Waals surface area contributed by atoms with Crippen LogP contribution in [-0.4, -0.2) is 15.6 Å². The van der Waals surface area contributed by atoms with Crippen LogP contribution < -0.4 is 0 Å². The Bertz CT molecular complexity index is 338. The lowest BCUT2D eigenvalue weighted by molar-refractivity contribution is -0.384. The van der Waals surface area contributed by atoms with Gasteiger partial charge in [-0.1, -0.05) is 12.1 Å². The summed E-state index contributed by atoms with van der Waals surface area (Å²) in [5.41, 5.74) is 0.409. The highest BCUT2D eigenvalue weighted by atomic mass is 16.6. The van der Waals surface area contributed by atoms with Gasteiger partial charge in [0.2, 0.25) is 0 Å². The van der Waals surface area contributed by atoms with Crippen molar-refractivity contribution in [1.29, 1.82) is 0 Å². The van der Waals surface area contributed by atoms with Gasteiger partial charge in [0.15, 0.2) is 0 Å². The molecule has 0 spiro atoms. The van der Waals surface area contributed by atoms with E-state index in [0.29, 0.717) is 6.42 Å². The molecule has 15 heavy (non-hydrogen) atoms. The predicted octanol–water partition coefficient (Wildman–Crippen LogP) is 2.30. The Labute approximate surface area is 88.7 Å². The molecule has 0 radical (unpaired) electrons. The minimum atomic E-state index is -0.693. The summed E-state index contributed by atoms with van der Waals surface area (Å²) in [6.45, 7) is 3.50. The minimum absolute atomic E-state index is 0.0991. The average Bonchev–Trinajstić information content (AvgIpc) is 2.14. The smallest absolute Gasteiger partial charge is 0.269 e. The third kappa shape index (κ3) is 4.08. The molecule has 0 bridgehead atoms. The van der Waals surface area contributed by atoms with Crippen molar-refractivity contribution in [3.05, 3.63) is 39.9 Å². The van der Waals surface area contributed by atoms with Crippen molar-refractivity contribution in [2.75, 3.05) is 0 Å². The molecular weight excluding hydrogens is 194 g/mol. The SMILES string of the molecule is CC(C)(O)CCc1ccc([N+](=O)[O-])cc1. The van der Waals surface area contributed by atoms with Gasteiger partial charge in [0.05, 0.1) is 10.5 Å². The molecule has 1 aromatic carbocycles. The zero-order valence-electron chi connectivity index (χ0n) is 8.93. The highest BCUT2D eigenvalue weighted by molar-refractivity contribution is 5.32. The highest BCUT2D eigenvalue weighted by Gasteiger charge is 2.12. The number of nitrogens with zero attached hydrogens (tertiary/aromatic N) is 1. The first-order valence-corrected chi connectivity index (χ1v) is 4.84. The van der Waals surface area contributed by atoms with Crippen molar-refractivity contribution in [3.63, 3.8) is 0 Å². The number of aryl methyl sites for hydroxylation is 1. The van der Waals surface area contributed by atoms with Crippen LogP contribution in [0.15, 0.2) is 24.3 Å². The highest BCUT2D eigenvalue weighted by Crippen LogP contribution is 2.16. The summed E-state index contributed by atoms with van der Waals surface area (Å²) in [4.78, 5) is 9.98. The fourth-order valence-corrected chi connectivity index (χ4v) is 1.23. The molecule has 0 heterocycles. The summed E-state index contributed by atoms with van der Waals surface area (Å²) in [5, 5.41) is 19.9. The van der Waals surface area contributed by atoms with Gasteiger partial charge in [-0.3, -0.25) is 10.1 Å². The molecule has 0 saturated carbocycles. The maximum absolute atomic E-state index is 10.4. The third-order valence-electron chi connectivity index (χ3n) is 2.17. The molecule has 0 unspecified atom stereocenters. The molecule has 0 aliphatic carbocycles. The molecule has 1 aromatic rings. The lowest BCUT2D eigenvalue weighted by Crippen LogP contribution is -2.19. The summed E-state index contributed by atoms with van der Waals surface area (Å²) in [6, 6.07) is 6.42. The van der Waals surface area contributed by atoms with E-state index in [1.54, 1.807) is 26.0 Å². The monoisotopic (exact) mass is 209 g/mol. The van der Waals surface area contributed by atoms with Gasteiger partial charge in [-0.05, 0) is 32.3 Å². The van der Waals surface area contributed by atoms with Gasteiger partial charge >= 0.3 is 0 Å². The van der Waals surface area contributed by atoms with Gasteiger partial charge in [-0.15, -0.1) is 0 Å². The number of rotatable bonds is 4. The van der Waals surface area contributed by atoms with Crippen LogP contribution in [0.4, 0.5) is 5.69 Å². The summed E-state index contributed by atoms with van der Waals surface area (Å²) in [7, 11) is 0. The van der Waals surface area contributed by atoms with Crippen molar-refractivity contribution < 1.29 is 10.0 Å². The molecule has 0 fully saturated rings. The number of hydrogen-bond donors (Lipinski definition) is 1. The van der Waals surface area contributed by atoms with E-state index in [0.717, 1.165) is 12.0 Å². The van der Waals surface area contributed by atoms with Gasteiger partial charge in [-0.25, -0.2) is 0 Å². The average molecular weight is 209 g/mol. The number of aliphatic hydroxyl groups is 1. The van der Waals surface area contributed by atoms with E-state index in [4.69, 9.17) is 0 Å². The van der Waals surface area contributed by atoms with E-state index in [-0.39, 0.29) is 5.69 Å². The second-order valence-electron chi connectivity index (χ2n) is 4.24. The molecule has 0 aliphatic rings. The number of non-ortho nitro benzene ring substituents is 1. The van der Waals surface area contributed by atoms with E-state index in [9.17, 15) is 15.2 Å². The predicted molar refractivity (Wildman–Crippen MR) is 57.7 cm³/mol. The zero-order chi connectivity index (χ0) is 11.5. The number of nitro benzene ring substituents is 1. The van der Waals surface area contributed by atoms with Gasteiger partial charge in [0.1, 0.15) is 0 Å². The topological polar surface area (TPSA) is 63.4 Å². The molecule has 4 nitrogen and oxygen atoms in total. The second kappa shape index (κ2) is 4.40. The molecule has 1 rings (SSSR count). The second-order valence-corrected chi connectivity index (χ2v) is 4.24. The zero-order valence-corrected chi connectivity index (χ0v) is 8.93. The van der Waals surface area contributed by atoms with Crippen molar-refractivity contribution in [1.82, 2.24) is 0 Å². The van der Waals surface area contributed by atoms with Crippen LogP contribution in [0.25, 0.3) is 0 Å². The van der Waals surface area contributed by atoms with Crippen molar-refractivity contribution in [2.45, 2.75) is 32.3 Å². The molecule has 82 valence electrons. The Hall–Kier alpha value is -1.42. The molecule has 0 saturated heterocycles. The van der Waals surface area contributed by atoms with Crippen molar-refractivity contribution in [3.8, 4) is 0 Å². The fourth-order valence-electron chi connectivity index (χ4n) is 1.23. The quantitative estimate of drug-likeness (QED) is 0.611. The molecule has 4 heteroatoms. The Morgan fingerprint density at radius 2 is 1.87 bits per heavy atom. The van der Waals surface area contributed by atoms with Crippen molar-refractivity contribution >= 4 is 5.69 Å². The van der Waals surface area contributed by atoms with Crippen LogP contribution >= 0.6 is 0 Å². The Morgan fingerprint density at radius 1 is 1.33 bits per heavy atom. The molecule has 0 amide bonds. The van der Waals surface area contributed by atoms with E-state index in [2.05, 4.69) is 0 Å². The van der Waals surface area contributed by atoms with Gasteiger partial charge in [-0.2, -0.15) is 0 Å². The molecular formula is C11H15NO3. The maximum atomic E-state index is 10.4. The van der Waals surface area contributed by atoms with Crippen LogP contribution in [0, 0.1) is 10.1 Å². The normalized spacial score (nSPS) is 11.4. The Balaban J connectivity index is 2.61.